The molecule has 3 nitrogen and oxygen atoms in total. The molecule has 1 unspecified atom stereocenters. The number of rotatable bonds is 2. The second-order valence-electron chi connectivity index (χ2n) is 5.92. The van der Waals surface area contributed by atoms with Gasteiger partial charge in [0.05, 0.1) is 5.41 Å². The lowest BCUT2D eigenvalue weighted by molar-refractivity contribution is -0.130. The molecule has 0 spiro atoms. The summed E-state index contributed by atoms with van der Waals surface area (Å²) >= 11 is 0. The van der Waals surface area contributed by atoms with E-state index in [9.17, 15) is 4.79 Å². The van der Waals surface area contributed by atoms with Gasteiger partial charge in [0.1, 0.15) is 0 Å². The van der Waals surface area contributed by atoms with Gasteiger partial charge in [0.25, 0.3) is 0 Å². The fourth-order valence-corrected chi connectivity index (χ4v) is 2.77. The summed E-state index contributed by atoms with van der Waals surface area (Å²) in [5, 5.41) is 6.52. The van der Waals surface area contributed by atoms with E-state index in [1.54, 1.807) is 0 Å². The molecule has 0 aromatic rings. The van der Waals surface area contributed by atoms with Gasteiger partial charge in [-0.25, -0.2) is 0 Å². The summed E-state index contributed by atoms with van der Waals surface area (Å²) in [6, 6.07) is 0.432. The highest BCUT2D eigenvalue weighted by atomic mass is 16.2. The average molecular weight is 224 g/mol. The Balaban J connectivity index is 1.83. The second kappa shape index (κ2) is 4.74. The summed E-state index contributed by atoms with van der Waals surface area (Å²) in [4.78, 5) is 12.2. The van der Waals surface area contributed by atoms with Gasteiger partial charge in [-0.05, 0) is 51.5 Å². The molecule has 2 aliphatic rings. The van der Waals surface area contributed by atoms with Crippen molar-refractivity contribution in [2.24, 2.45) is 11.3 Å². The Kier molecular flexibility index (Phi) is 3.53. The van der Waals surface area contributed by atoms with Crippen LogP contribution >= 0.6 is 0 Å². The Morgan fingerprint density at radius 3 is 2.56 bits per heavy atom. The fourth-order valence-electron chi connectivity index (χ4n) is 2.77. The van der Waals surface area contributed by atoms with Crippen molar-refractivity contribution in [1.29, 1.82) is 0 Å². The molecule has 3 heteroatoms. The zero-order valence-corrected chi connectivity index (χ0v) is 10.5. The maximum atomic E-state index is 12.2. The predicted octanol–water partition coefficient (Wildman–Crippen LogP) is 1.68. The van der Waals surface area contributed by atoms with E-state index in [1.165, 1.54) is 12.8 Å². The van der Waals surface area contributed by atoms with Crippen molar-refractivity contribution in [3.63, 3.8) is 0 Å². The van der Waals surface area contributed by atoms with Crippen LogP contribution in [-0.2, 0) is 4.79 Å². The molecule has 92 valence electrons. The molecule has 1 aliphatic heterocycles. The number of hydrogen-bond acceptors (Lipinski definition) is 2. The Labute approximate surface area is 98.4 Å². The molecule has 2 N–H and O–H groups in total. The fraction of sp³-hybridized carbons (Fsp3) is 0.923. The van der Waals surface area contributed by atoms with E-state index in [2.05, 4.69) is 24.5 Å². The maximum absolute atomic E-state index is 12.2. The van der Waals surface area contributed by atoms with Gasteiger partial charge in [0, 0.05) is 12.6 Å². The molecule has 2 rings (SSSR count). The van der Waals surface area contributed by atoms with Crippen LogP contribution in [0.15, 0.2) is 0 Å². The van der Waals surface area contributed by atoms with E-state index in [-0.39, 0.29) is 11.3 Å². The monoisotopic (exact) mass is 224 g/mol. The molecule has 0 aromatic carbocycles. The third-order valence-electron chi connectivity index (χ3n) is 4.27. The van der Waals surface area contributed by atoms with Crippen molar-refractivity contribution in [3.05, 3.63) is 0 Å². The number of amides is 1. The zero-order valence-electron chi connectivity index (χ0n) is 10.5. The first-order chi connectivity index (χ1) is 7.60. The van der Waals surface area contributed by atoms with E-state index in [0.717, 1.165) is 38.3 Å². The van der Waals surface area contributed by atoms with Crippen molar-refractivity contribution in [1.82, 2.24) is 10.6 Å². The van der Waals surface area contributed by atoms with Crippen LogP contribution in [0.3, 0.4) is 0 Å². The standard InChI is InChI=1S/C13H24N2O/c1-10-3-5-11(6-4-10)15-12(16)13(2)7-8-14-9-13/h10-11,14H,3-9H2,1-2H3,(H,15,16). The summed E-state index contributed by atoms with van der Waals surface area (Å²) in [6.45, 7) is 6.20. The van der Waals surface area contributed by atoms with Gasteiger partial charge in [0.15, 0.2) is 0 Å². The Morgan fingerprint density at radius 1 is 1.31 bits per heavy atom. The lowest BCUT2D eigenvalue weighted by Crippen LogP contribution is -2.46. The number of nitrogens with one attached hydrogen (secondary N) is 2. The third-order valence-corrected chi connectivity index (χ3v) is 4.27. The quantitative estimate of drug-likeness (QED) is 0.749. The van der Waals surface area contributed by atoms with Crippen molar-refractivity contribution >= 4 is 5.91 Å². The summed E-state index contributed by atoms with van der Waals surface area (Å²) < 4.78 is 0. The van der Waals surface area contributed by atoms with Crippen LogP contribution in [0, 0.1) is 11.3 Å². The largest absolute Gasteiger partial charge is 0.353 e. The molecule has 1 saturated carbocycles. The van der Waals surface area contributed by atoms with Gasteiger partial charge in [-0.2, -0.15) is 0 Å². The van der Waals surface area contributed by atoms with Crippen LogP contribution in [0.5, 0.6) is 0 Å². The second-order valence-corrected chi connectivity index (χ2v) is 5.92. The first-order valence-electron chi connectivity index (χ1n) is 6.62. The molecule has 1 amide bonds. The first kappa shape index (κ1) is 11.9. The first-order valence-corrected chi connectivity index (χ1v) is 6.62. The van der Waals surface area contributed by atoms with Crippen molar-refractivity contribution in [2.45, 2.75) is 52.0 Å². The normalized spacial score (nSPS) is 39.6. The molecular formula is C13H24N2O. The van der Waals surface area contributed by atoms with E-state index in [4.69, 9.17) is 0 Å². The maximum Gasteiger partial charge on any atom is 0.227 e. The number of carbonyl (C=O) groups is 1. The number of carbonyl (C=O) groups excluding carboxylic acids is 1. The highest BCUT2D eigenvalue weighted by Gasteiger charge is 2.37. The van der Waals surface area contributed by atoms with Gasteiger partial charge in [0.2, 0.25) is 5.91 Å². The van der Waals surface area contributed by atoms with E-state index < -0.39 is 0 Å². The smallest absolute Gasteiger partial charge is 0.227 e. The van der Waals surface area contributed by atoms with Crippen LogP contribution in [0.4, 0.5) is 0 Å². The number of hydrogen-bond donors (Lipinski definition) is 2. The molecule has 0 bridgehead atoms. The Morgan fingerprint density at radius 2 is 2.00 bits per heavy atom. The average Bonchev–Trinajstić information content (AvgIpc) is 2.70. The topological polar surface area (TPSA) is 41.1 Å². The van der Waals surface area contributed by atoms with Crippen LogP contribution in [0.25, 0.3) is 0 Å². The molecule has 16 heavy (non-hydrogen) atoms. The molecular weight excluding hydrogens is 200 g/mol. The Bertz CT molecular complexity index is 251. The summed E-state index contributed by atoms with van der Waals surface area (Å²) in [5.41, 5.74) is -0.164. The van der Waals surface area contributed by atoms with Crippen LogP contribution in [0.1, 0.15) is 46.0 Å². The van der Waals surface area contributed by atoms with E-state index in [0.29, 0.717) is 6.04 Å². The van der Waals surface area contributed by atoms with Crippen LogP contribution < -0.4 is 10.6 Å². The molecule has 1 saturated heterocycles. The van der Waals surface area contributed by atoms with Gasteiger partial charge in [-0.15, -0.1) is 0 Å². The van der Waals surface area contributed by atoms with Gasteiger partial charge in [-0.3, -0.25) is 4.79 Å². The lowest BCUT2D eigenvalue weighted by Gasteiger charge is -2.30. The Hall–Kier alpha value is -0.570. The molecule has 2 fully saturated rings. The predicted molar refractivity (Wildman–Crippen MR) is 65.2 cm³/mol. The minimum atomic E-state index is -0.164. The molecule has 1 heterocycles. The van der Waals surface area contributed by atoms with Gasteiger partial charge < -0.3 is 10.6 Å². The van der Waals surface area contributed by atoms with Crippen LogP contribution in [-0.4, -0.2) is 25.0 Å². The highest BCUT2D eigenvalue weighted by molar-refractivity contribution is 5.83. The zero-order chi connectivity index (χ0) is 11.6. The van der Waals surface area contributed by atoms with Gasteiger partial charge in [-0.1, -0.05) is 6.92 Å². The van der Waals surface area contributed by atoms with Gasteiger partial charge >= 0.3 is 0 Å². The van der Waals surface area contributed by atoms with E-state index in [1.807, 2.05) is 0 Å². The van der Waals surface area contributed by atoms with Crippen LogP contribution in [0.2, 0.25) is 0 Å². The molecule has 0 aromatic heterocycles. The summed E-state index contributed by atoms with van der Waals surface area (Å²) in [7, 11) is 0. The summed E-state index contributed by atoms with van der Waals surface area (Å²) in [5.74, 6) is 1.11. The molecule has 1 atom stereocenters. The van der Waals surface area contributed by atoms with Crippen molar-refractivity contribution in [3.8, 4) is 0 Å². The third kappa shape index (κ3) is 2.57. The molecule has 1 aliphatic carbocycles. The van der Waals surface area contributed by atoms with E-state index >= 15 is 0 Å². The minimum Gasteiger partial charge on any atom is -0.353 e. The minimum absolute atomic E-state index is 0.164. The lowest BCUT2D eigenvalue weighted by atomic mass is 9.85. The van der Waals surface area contributed by atoms with Crippen molar-refractivity contribution < 1.29 is 4.79 Å². The molecule has 0 radical (unpaired) electrons. The SMILES string of the molecule is CC1CCC(NC(=O)C2(C)CCNC2)CC1. The summed E-state index contributed by atoms with van der Waals surface area (Å²) in [6.07, 6.45) is 5.83. The van der Waals surface area contributed by atoms with Crippen molar-refractivity contribution in [2.75, 3.05) is 13.1 Å². The highest BCUT2D eigenvalue weighted by Crippen LogP contribution is 2.27.